The minimum Gasteiger partial charge on any atom is -0.497 e. The number of carbonyl (C=O) groups is 1. The van der Waals surface area contributed by atoms with Crippen LogP contribution in [0.1, 0.15) is 12.6 Å². The van der Waals surface area contributed by atoms with Gasteiger partial charge in [0.2, 0.25) is 5.91 Å². The second-order valence-electron chi connectivity index (χ2n) is 6.97. The number of nitrogens with zero attached hydrogens (tertiary/aromatic N) is 3. The van der Waals surface area contributed by atoms with Crippen LogP contribution in [0, 0.1) is 5.82 Å². The second kappa shape index (κ2) is 7.56. The van der Waals surface area contributed by atoms with Crippen molar-refractivity contribution in [2.24, 2.45) is 0 Å². The summed E-state index contributed by atoms with van der Waals surface area (Å²) in [6, 6.07) is 15.6. The van der Waals surface area contributed by atoms with Gasteiger partial charge in [-0.05, 0) is 55.5 Å². The number of methoxy groups -OCH3 is 1. The zero-order valence-corrected chi connectivity index (χ0v) is 15.9. The molecule has 1 atom stereocenters. The molecule has 5 nitrogen and oxygen atoms in total. The van der Waals surface area contributed by atoms with Crippen LogP contribution in [0.5, 0.6) is 5.75 Å². The van der Waals surface area contributed by atoms with Gasteiger partial charge in [-0.1, -0.05) is 6.07 Å². The number of hydrogen-bond donors (Lipinski definition) is 0. The molecule has 28 heavy (non-hydrogen) atoms. The Balaban J connectivity index is 1.48. The topological polar surface area (TPSA) is 45.7 Å². The highest BCUT2D eigenvalue weighted by atomic mass is 19.1. The molecule has 1 aliphatic heterocycles. The van der Waals surface area contributed by atoms with Gasteiger partial charge in [0.15, 0.2) is 0 Å². The molecule has 0 bridgehead atoms. The molecule has 0 spiro atoms. The maximum absolute atomic E-state index is 13.3. The van der Waals surface area contributed by atoms with E-state index in [1.54, 1.807) is 13.2 Å². The molecule has 1 fully saturated rings. The largest absolute Gasteiger partial charge is 0.497 e. The Morgan fingerprint density at radius 1 is 1.11 bits per heavy atom. The van der Waals surface area contributed by atoms with Crippen molar-refractivity contribution in [3.63, 3.8) is 0 Å². The van der Waals surface area contributed by atoms with Crippen molar-refractivity contribution in [2.45, 2.75) is 19.5 Å². The molecular weight excluding hydrogens is 357 g/mol. The number of piperazine rings is 1. The number of aromatic nitrogens is 1. The third-order valence-electron chi connectivity index (χ3n) is 5.24. The molecule has 4 rings (SSSR count). The summed E-state index contributed by atoms with van der Waals surface area (Å²) in [7, 11) is 1.62. The molecule has 0 aliphatic carbocycles. The summed E-state index contributed by atoms with van der Waals surface area (Å²) in [5, 5.41) is 0.775. The maximum Gasteiger partial charge on any atom is 0.244 e. The first-order chi connectivity index (χ1) is 13.5. The van der Waals surface area contributed by atoms with Gasteiger partial charge >= 0.3 is 0 Å². The zero-order chi connectivity index (χ0) is 19.7. The monoisotopic (exact) mass is 379 g/mol. The van der Waals surface area contributed by atoms with Gasteiger partial charge in [0.05, 0.1) is 24.4 Å². The second-order valence-corrected chi connectivity index (χ2v) is 6.97. The van der Waals surface area contributed by atoms with Gasteiger partial charge in [0, 0.05) is 30.7 Å². The quantitative estimate of drug-likeness (QED) is 0.695. The van der Waals surface area contributed by atoms with Crippen LogP contribution in [-0.2, 0) is 11.3 Å². The summed E-state index contributed by atoms with van der Waals surface area (Å²) in [5.41, 5.74) is 2.51. The van der Waals surface area contributed by atoms with Gasteiger partial charge in [-0.3, -0.25) is 14.7 Å². The van der Waals surface area contributed by atoms with Crippen molar-refractivity contribution in [1.29, 1.82) is 0 Å². The van der Waals surface area contributed by atoms with Crippen molar-refractivity contribution in [3.05, 3.63) is 66.1 Å². The van der Waals surface area contributed by atoms with Crippen LogP contribution < -0.4 is 9.64 Å². The number of anilines is 1. The van der Waals surface area contributed by atoms with E-state index in [4.69, 9.17) is 4.74 Å². The standard InChI is InChI=1S/C22H22FN3O2/c1-15-22(27)26(19-6-8-20(28-2)9-7-19)12-11-25(15)14-18-5-3-16-13-17(23)4-10-21(16)24-18/h3-10,13,15H,11-12,14H2,1-2H3/t15-/m1/s1. The summed E-state index contributed by atoms with van der Waals surface area (Å²) in [6.07, 6.45) is 0. The molecule has 0 radical (unpaired) electrons. The molecule has 0 unspecified atom stereocenters. The van der Waals surface area contributed by atoms with E-state index in [-0.39, 0.29) is 17.8 Å². The van der Waals surface area contributed by atoms with Crippen LogP contribution in [0.25, 0.3) is 10.9 Å². The molecule has 1 aromatic heterocycles. The van der Waals surface area contributed by atoms with Crippen LogP contribution in [-0.4, -0.2) is 42.0 Å². The Morgan fingerprint density at radius 2 is 1.89 bits per heavy atom. The molecule has 1 saturated heterocycles. The first kappa shape index (κ1) is 18.4. The minimum absolute atomic E-state index is 0.0688. The molecule has 0 saturated carbocycles. The molecule has 2 heterocycles. The lowest BCUT2D eigenvalue weighted by molar-refractivity contribution is -0.125. The number of pyridine rings is 1. The van der Waals surface area contributed by atoms with Gasteiger partial charge in [-0.25, -0.2) is 4.39 Å². The highest BCUT2D eigenvalue weighted by molar-refractivity contribution is 5.97. The van der Waals surface area contributed by atoms with Gasteiger partial charge in [-0.2, -0.15) is 0 Å². The van der Waals surface area contributed by atoms with Crippen molar-refractivity contribution < 1.29 is 13.9 Å². The lowest BCUT2D eigenvalue weighted by atomic mass is 10.1. The number of ether oxygens (including phenoxy) is 1. The van der Waals surface area contributed by atoms with E-state index in [1.807, 2.05) is 48.2 Å². The van der Waals surface area contributed by atoms with Crippen molar-refractivity contribution in [2.75, 3.05) is 25.1 Å². The fourth-order valence-electron chi connectivity index (χ4n) is 3.58. The average molecular weight is 379 g/mol. The summed E-state index contributed by atoms with van der Waals surface area (Å²) < 4.78 is 18.5. The molecule has 144 valence electrons. The smallest absolute Gasteiger partial charge is 0.244 e. The summed E-state index contributed by atoms with van der Waals surface area (Å²) in [6.45, 7) is 3.88. The number of carbonyl (C=O) groups excluding carboxylic acids is 1. The van der Waals surface area contributed by atoms with Gasteiger partial charge in [0.1, 0.15) is 11.6 Å². The van der Waals surface area contributed by atoms with Crippen LogP contribution >= 0.6 is 0 Å². The fourth-order valence-corrected chi connectivity index (χ4v) is 3.58. The van der Waals surface area contributed by atoms with E-state index in [0.717, 1.165) is 34.6 Å². The zero-order valence-electron chi connectivity index (χ0n) is 15.9. The van der Waals surface area contributed by atoms with Crippen LogP contribution in [0.2, 0.25) is 0 Å². The predicted octanol–water partition coefficient (Wildman–Crippen LogP) is 3.62. The van der Waals surface area contributed by atoms with E-state index >= 15 is 0 Å². The number of amides is 1. The van der Waals surface area contributed by atoms with E-state index in [1.165, 1.54) is 12.1 Å². The molecular formula is C22H22FN3O2. The number of fused-ring (bicyclic) bond motifs is 1. The summed E-state index contributed by atoms with van der Waals surface area (Å²) in [4.78, 5) is 21.5. The third kappa shape index (κ3) is 3.55. The molecule has 6 heteroatoms. The van der Waals surface area contributed by atoms with Crippen LogP contribution in [0.15, 0.2) is 54.6 Å². The molecule has 3 aromatic rings. The Hall–Kier alpha value is -2.99. The fraction of sp³-hybridized carbons (Fsp3) is 0.273. The Morgan fingerprint density at radius 3 is 2.64 bits per heavy atom. The van der Waals surface area contributed by atoms with E-state index in [9.17, 15) is 9.18 Å². The maximum atomic E-state index is 13.3. The Kier molecular flexibility index (Phi) is 4.96. The Labute approximate surface area is 163 Å². The summed E-state index contributed by atoms with van der Waals surface area (Å²) in [5.74, 6) is 0.570. The number of hydrogen-bond acceptors (Lipinski definition) is 4. The highest BCUT2D eigenvalue weighted by Gasteiger charge is 2.32. The van der Waals surface area contributed by atoms with Crippen molar-refractivity contribution in [3.8, 4) is 5.75 Å². The lowest BCUT2D eigenvalue weighted by Crippen LogP contribution is -2.55. The first-order valence-electron chi connectivity index (χ1n) is 9.30. The van der Waals surface area contributed by atoms with E-state index < -0.39 is 0 Å². The number of halogens is 1. The molecule has 1 amide bonds. The predicted molar refractivity (Wildman–Crippen MR) is 107 cm³/mol. The van der Waals surface area contributed by atoms with Gasteiger partial charge < -0.3 is 9.64 Å². The average Bonchev–Trinajstić information content (AvgIpc) is 2.72. The molecule has 0 N–H and O–H groups in total. The molecule has 2 aromatic carbocycles. The number of rotatable bonds is 4. The minimum atomic E-state index is -0.268. The third-order valence-corrected chi connectivity index (χ3v) is 5.24. The van der Waals surface area contributed by atoms with E-state index in [0.29, 0.717) is 13.1 Å². The van der Waals surface area contributed by atoms with Crippen LogP contribution in [0.4, 0.5) is 10.1 Å². The van der Waals surface area contributed by atoms with Gasteiger partial charge in [0.25, 0.3) is 0 Å². The lowest BCUT2D eigenvalue weighted by Gasteiger charge is -2.39. The number of benzene rings is 2. The van der Waals surface area contributed by atoms with Crippen LogP contribution in [0.3, 0.4) is 0 Å². The van der Waals surface area contributed by atoms with E-state index in [2.05, 4.69) is 9.88 Å². The Bertz CT molecular complexity index is 1010. The normalized spacial score (nSPS) is 17.9. The molecule has 1 aliphatic rings. The SMILES string of the molecule is COc1ccc(N2CCN(Cc3ccc4cc(F)ccc4n3)[C@H](C)C2=O)cc1. The van der Waals surface area contributed by atoms with Gasteiger partial charge in [-0.15, -0.1) is 0 Å². The highest BCUT2D eigenvalue weighted by Crippen LogP contribution is 2.24. The summed E-state index contributed by atoms with van der Waals surface area (Å²) >= 11 is 0. The van der Waals surface area contributed by atoms with Crippen molar-refractivity contribution >= 4 is 22.5 Å². The first-order valence-corrected chi connectivity index (χ1v) is 9.30. The van der Waals surface area contributed by atoms with Crippen molar-refractivity contribution in [1.82, 2.24) is 9.88 Å².